The molecule has 0 heterocycles. The molecule has 4 nitrogen and oxygen atoms in total. The van der Waals surface area contributed by atoms with E-state index in [1.165, 1.54) is 0 Å². The zero-order valence-electron chi connectivity index (χ0n) is 13.0. The van der Waals surface area contributed by atoms with Crippen LogP contribution in [0, 0.1) is 13.8 Å². The maximum atomic E-state index is 12.3. The third-order valence-corrected chi connectivity index (χ3v) is 4.24. The summed E-state index contributed by atoms with van der Waals surface area (Å²) in [5, 5.41) is 12.0. The molecule has 5 heteroatoms. The van der Waals surface area contributed by atoms with Crippen molar-refractivity contribution < 1.29 is 14.7 Å². The van der Waals surface area contributed by atoms with Crippen LogP contribution in [0.5, 0.6) is 0 Å². The van der Waals surface area contributed by atoms with E-state index in [4.69, 9.17) is 0 Å². The molecular weight excluding hydrogens is 358 g/mol. The topological polar surface area (TPSA) is 66.4 Å². The standard InChI is InChI=1S/C18H18BrNO3/c1-11-5-3-6-12(2)15(11)10-16(18(22)23)20-17(21)13-7-4-8-14(19)9-13/h3-9,16H,10H2,1-2H3,(H,20,21)(H,22,23)/t16-/m1/s1. The second-order valence-electron chi connectivity index (χ2n) is 5.45. The highest BCUT2D eigenvalue weighted by Crippen LogP contribution is 2.16. The van der Waals surface area contributed by atoms with Gasteiger partial charge in [-0.15, -0.1) is 0 Å². The number of nitrogens with one attached hydrogen (secondary N) is 1. The first-order valence-electron chi connectivity index (χ1n) is 7.23. The van der Waals surface area contributed by atoms with E-state index < -0.39 is 17.9 Å². The lowest BCUT2D eigenvalue weighted by molar-refractivity contribution is -0.139. The molecule has 0 aliphatic carbocycles. The van der Waals surface area contributed by atoms with Gasteiger partial charge in [-0.2, -0.15) is 0 Å². The van der Waals surface area contributed by atoms with Gasteiger partial charge in [-0.25, -0.2) is 4.79 Å². The SMILES string of the molecule is Cc1cccc(C)c1C[C@@H](NC(=O)c1cccc(Br)c1)C(=O)O. The van der Waals surface area contributed by atoms with Crippen molar-refractivity contribution in [2.24, 2.45) is 0 Å². The number of hydrogen-bond donors (Lipinski definition) is 2. The molecule has 0 unspecified atom stereocenters. The Bertz CT molecular complexity index is 723. The lowest BCUT2D eigenvalue weighted by Gasteiger charge is -2.17. The minimum atomic E-state index is -1.05. The van der Waals surface area contributed by atoms with Crippen LogP contribution in [0.4, 0.5) is 0 Å². The van der Waals surface area contributed by atoms with E-state index >= 15 is 0 Å². The Morgan fingerprint density at radius 2 is 1.74 bits per heavy atom. The molecule has 1 atom stereocenters. The fraction of sp³-hybridized carbons (Fsp3) is 0.222. The van der Waals surface area contributed by atoms with Gasteiger partial charge in [-0.05, 0) is 48.7 Å². The zero-order chi connectivity index (χ0) is 17.0. The molecule has 0 radical (unpaired) electrons. The number of halogens is 1. The van der Waals surface area contributed by atoms with Crippen LogP contribution >= 0.6 is 15.9 Å². The van der Waals surface area contributed by atoms with Gasteiger partial charge in [0.1, 0.15) is 6.04 Å². The van der Waals surface area contributed by atoms with Gasteiger partial charge in [-0.3, -0.25) is 4.79 Å². The van der Waals surface area contributed by atoms with Crippen LogP contribution in [0.15, 0.2) is 46.9 Å². The van der Waals surface area contributed by atoms with E-state index in [1.807, 2.05) is 38.1 Å². The summed E-state index contributed by atoms with van der Waals surface area (Å²) >= 11 is 3.30. The van der Waals surface area contributed by atoms with Crippen LogP contribution in [0.3, 0.4) is 0 Å². The summed E-state index contributed by atoms with van der Waals surface area (Å²) in [6.45, 7) is 3.88. The average molecular weight is 376 g/mol. The highest BCUT2D eigenvalue weighted by atomic mass is 79.9. The Morgan fingerprint density at radius 3 is 2.30 bits per heavy atom. The van der Waals surface area contributed by atoms with Crippen molar-refractivity contribution >= 4 is 27.8 Å². The normalized spacial score (nSPS) is 11.8. The number of benzene rings is 2. The second-order valence-corrected chi connectivity index (χ2v) is 6.36. The summed E-state index contributed by atoms with van der Waals surface area (Å²) in [6, 6.07) is 11.7. The maximum absolute atomic E-state index is 12.3. The molecule has 0 aromatic heterocycles. The molecule has 2 rings (SSSR count). The van der Waals surface area contributed by atoms with Crippen LogP contribution in [0.2, 0.25) is 0 Å². The number of aryl methyl sites for hydroxylation is 2. The fourth-order valence-corrected chi connectivity index (χ4v) is 2.85. The molecule has 0 bridgehead atoms. The Labute approximate surface area is 143 Å². The quantitative estimate of drug-likeness (QED) is 0.840. The van der Waals surface area contributed by atoms with E-state index in [9.17, 15) is 14.7 Å². The van der Waals surface area contributed by atoms with E-state index in [2.05, 4.69) is 21.2 Å². The average Bonchev–Trinajstić information content (AvgIpc) is 2.49. The Morgan fingerprint density at radius 1 is 1.13 bits per heavy atom. The number of rotatable bonds is 5. The number of carboxylic acids is 1. The summed E-state index contributed by atoms with van der Waals surface area (Å²) in [7, 11) is 0. The highest BCUT2D eigenvalue weighted by molar-refractivity contribution is 9.10. The van der Waals surface area contributed by atoms with E-state index in [0.717, 1.165) is 21.2 Å². The number of carboxylic acid groups (broad SMARTS) is 1. The van der Waals surface area contributed by atoms with Gasteiger partial charge in [-0.1, -0.05) is 40.2 Å². The lowest BCUT2D eigenvalue weighted by Crippen LogP contribution is -2.42. The second kappa shape index (κ2) is 7.42. The van der Waals surface area contributed by atoms with Gasteiger partial charge in [0, 0.05) is 16.5 Å². The molecule has 23 heavy (non-hydrogen) atoms. The van der Waals surface area contributed by atoms with Crippen LogP contribution in [0.25, 0.3) is 0 Å². The number of hydrogen-bond acceptors (Lipinski definition) is 2. The molecule has 2 aromatic carbocycles. The van der Waals surface area contributed by atoms with Crippen molar-refractivity contribution in [1.82, 2.24) is 5.32 Å². The lowest BCUT2D eigenvalue weighted by atomic mass is 9.96. The summed E-state index contributed by atoms with van der Waals surface area (Å²) in [5.74, 6) is -1.44. The summed E-state index contributed by atoms with van der Waals surface area (Å²) in [6.07, 6.45) is 0.258. The Hall–Kier alpha value is -2.14. The van der Waals surface area contributed by atoms with Gasteiger partial charge in [0.2, 0.25) is 0 Å². The fourth-order valence-electron chi connectivity index (χ4n) is 2.45. The number of carbonyl (C=O) groups excluding carboxylic acids is 1. The predicted molar refractivity (Wildman–Crippen MR) is 92.7 cm³/mol. The van der Waals surface area contributed by atoms with Crippen LogP contribution in [-0.4, -0.2) is 23.0 Å². The van der Waals surface area contributed by atoms with Crippen molar-refractivity contribution in [1.29, 1.82) is 0 Å². The molecule has 0 saturated carbocycles. The first kappa shape index (κ1) is 17.2. The van der Waals surface area contributed by atoms with Crippen molar-refractivity contribution in [3.63, 3.8) is 0 Å². The molecular formula is C18H18BrNO3. The Balaban J connectivity index is 2.19. The zero-order valence-corrected chi connectivity index (χ0v) is 14.6. The number of carbonyl (C=O) groups is 2. The van der Waals surface area contributed by atoms with Gasteiger partial charge in [0.15, 0.2) is 0 Å². The molecule has 0 aliphatic heterocycles. The summed E-state index contributed by atoms with van der Waals surface area (Å²) < 4.78 is 0.770. The molecule has 0 fully saturated rings. The van der Waals surface area contributed by atoms with Gasteiger partial charge in [0.05, 0.1) is 0 Å². The van der Waals surface area contributed by atoms with Crippen molar-refractivity contribution in [3.05, 3.63) is 69.2 Å². The minimum Gasteiger partial charge on any atom is -0.480 e. The number of aliphatic carboxylic acids is 1. The van der Waals surface area contributed by atoms with Crippen molar-refractivity contribution in [2.75, 3.05) is 0 Å². The smallest absolute Gasteiger partial charge is 0.326 e. The van der Waals surface area contributed by atoms with E-state index in [1.54, 1.807) is 18.2 Å². The third kappa shape index (κ3) is 4.42. The van der Waals surface area contributed by atoms with E-state index in [0.29, 0.717) is 5.56 Å². The van der Waals surface area contributed by atoms with Crippen LogP contribution < -0.4 is 5.32 Å². The van der Waals surface area contributed by atoms with Crippen LogP contribution in [0.1, 0.15) is 27.0 Å². The van der Waals surface area contributed by atoms with Gasteiger partial charge < -0.3 is 10.4 Å². The highest BCUT2D eigenvalue weighted by Gasteiger charge is 2.22. The monoisotopic (exact) mass is 375 g/mol. The van der Waals surface area contributed by atoms with Gasteiger partial charge in [0.25, 0.3) is 5.91 Å². The summed E-state index contributed by atoms with van der Waals surface area (Å²) in [5.41, 5.74) is 3.42. The van der Waals surface area contributed by atoms with Crippen LogP contribution in [-0.2, 0) is 11.2 Å². The Kier molecular flexibility index (Phi) is 5.55. The molecule has 1 amide bonds. The van der Waals surface area contributed by atoms with Crippen molar-refractivity contribution in [2.45, 2.75) is 26.3 Å². The summed E-state index contributed by atoms with van der Waals surface area (Å²) in [4.78, 5) is 23.8. The molecule has 2 N–H and O–H groups in total. The molecule has 0 spiro atoms. The number of amides is 1. The molecule has 120 valence electrons. The third-order valence-electron chi connectivity index (χ3n) is 3.74. The predicted octanol–water partition coefficient (Wildman–Crippen LogP) is 3.49. The van der Waals surface area contributed by atoms with Gasteiger partial charge >= 0.3 is 5.97 Å². The molecule has 0 aliphatic rings. The van der Waals surface area contributed by atoms with Crippen molar-refractivity contribution in [3.8, 4) is 0 Å². The maximum Gasteiger partial charge on any atom is 0.326 e. The molecule has 2 aromatic rings. The minimum absolute atomic E-state index is 0.258. The van der Waals surface area contributed by atoms with E-state index in [-0.39, 0.29) is 6.42 Å². The largest absolute Gasteiger partial charge is 0.480 e. The molecule has 0 saturated heterocycles. The first-order chi connectivity index (χ1) is 10.9. The first-order valence-corrected chi connectivity index (χ1v) is 8.02.